The average molecular weight is 324 g/mol. The number of carbonyl (C=O) groups excluding carboxylic acids is 1. The third-order valence-electron chi connectivity index (χ3n) is 3.73. The van der Waals surface area contributed by atoms with E-state index < -0.39 is 5.97 Å². The molecule has 0 aliphatic heterocycles. The zero-order chi connectivity index (χ0) is 17.2. The van der Waals surface area contributed by atoms with Gasteiger partial charge in [-0.3, -0.25) is 0 Å². The van der Waals surface area contributed by atoms with Gasteiger partial charge in [0.15, 0.2) is 0 Å². The van der Waals surface area contributed by atoms with Crippen LogP contribution in [0.3, 0.4) is 0 Å². The summed E-state index contributed by atoms with van der Waals surface area (Å²) in [6.45, 7) is 3.75. The SMILES string of the molecule is CCOC(=O)c1c(O)cc(O)cc1CCCCCCC[C@@H](C)O. The summed E-state index contributed by atoms with van der Waals surface area (Å²) < 4.78 is 4.97. The standard InChI is InChI=1S/C18H28O5/c1-3-23-18(22)17-14(11-15(20)12-16(17)21)10-8-6-4-5-7-9-13(2)19/h11-13,19-21H,3-10H2,1-2H3/t13-/m1/s1. The monoisotopic (exact) mass is 324 g/mol. The predicted octanol–water partition coefficient (Wildman–Crippen LogP) is 3.54. The molecule has 0 bridgehead atoms. The van der Waals surface area contributed by atoms with E-state index >= 15 is 0 Å². The zero-order valence-electron chi connectivity index (χ0n) is 14.0. The van der Waals surface area contributed by atoms with E-state index in [0.29, 0.717) is 12.0 Å². The minimum atomic E-state index is -0.558. The Labute approximate surface area is 137 Å². The number of aryl methyl sites for hydroxylation is 1. The van der Waals surface area contributed by atoms with E-state index in [1.54, 1.807) is 13.8 Å². The van der Waals surface area contributed by atoms with Gasteiger partial charge in [-0.25, -0.2) is 4.79 Å². The number of aliphatic hydroxyl groups excluding tert-OH is 1. The molecular weight excluding hydrogens is 296 g/mol. The minimum Gasteiger partial charge on any atom is -0.508 e. The van der Waals surface area contributed by atoms with E-state index in [-0.39, 0.29) is 29.8 Å². The predicted molar refractivity (Wildman–Crippen MR) is 88.8 cm³/mol. The lowest BCUT2D eigenvalue weighted by Crippen LogP contribution is -2.08. The Hall–Kier alpha value is -1.75. The van der Waals surface area contributed by atoms with Crippen LogP contribution in [-0.2, 0) is 11.2 Å². The molecule has 5 heteroatoms. The molecule has 0 fully saturated rings. The van der Waals surface area contributed by atoms with Crippen molar-refractivity contribution in [1.29, 1.82) is 0 Å². The van der Waals surface area contributed by atoms with Crippen molar-refractivity contribution in [2.45, 2.75) is 64.9 Å². The first-order chi connectivity index (χ1) is 11.0. The summed E-state index contributed by atoms with van der Waals surface area (Å²) in [6, 6.07) is 2.67. The number of phenols is 2. The Balaban J connectivity index is 2.53. The van der Waals surface area contributed by atoms with Gasteiger partial charge in [0.05, 0.1) is 12.7 Å². The molecule has 1 aromatic carbocycles. The Kier molecular flexibility index (Phi) is 8.48. The van der Waals surface area contributed by atoms with Crippen LogP contribution in [0.1, 0.15) is 68.3 Å². The Bertz CT molecular complexity index is 496. The number of phenolic OH excluding ortho intramolecular Hbond substituents is 2. The highest BCUT2D eigenvalue weighted by molar-refractivity contribution is 5.94. The second-order valence-corrected chi connectivity index (χ2v) is 5.87. The van der Waals surface area contributed by atoms with E-state index in [4.69, 9.17) is 4.74 Å². The lowest BCUT2D eigenvalue weighted by atomic mass is 9.99. The van der Waals surface area contributed by atoms with Gasteiger partial charge in [-0.05, 0) is 44.7 Å². The van der Waals surface area contributed by atoms with E-state index in [2.05, 4.69) is 0 Å². The van der Waals surface area contributed by atoms with Crippen molar-refractivity contribution in [2.24, 2.45) is 0 Å². The largest absolute Gasteiger partial charge is 0.508 e. The molecule has 0 radical (unpaired) electrons. The minimum absolute atomic E-state index is 0.0533. The summed E-state index contributed by atoms with van der Waals surface area (Å²) in [5.41, 5.74) is 0.767. The molecule has 0 saturated heterocycles. The number of rotatable bonds is 10. The summed E-state index contributed by atoms with van der Waals surface area (Å²) in [4.78, 5) is 11.9. The van der Waals surface area contributed by atoms with E-state index in [1.807, 2.05) is 0 Å². The van der Waals surface area contributed by atoms with Gasteiger partial charge in [0, 0.05) is 6.07 Å². The molecule has 1 atom stereocenters. The van der Waals surface area contributed by atoms with Crippen LogP contribution in [-0.4, -0.2) is 34.0 Å². The van der Waals surface area contributed by atoms with E-state index in [9.17, 15) is 20.1 Å². The molecule has 130 valence electrons. The maximum Gasteiger partial charge on any atom is 0.342 e. The average Bonchev–Trinajstić information content (AvgIpc) is 2.45. The highest BCUT2D eigenvalue weighted by Gasteiger charge is 2.18. The van der Waals surface area contributed by atoms with Crippen molar-refractivity contribution >= 4 is 5.97 Å². The molecule has 0 aliphatic carbocycles. The summed E-state index contributed by atoms with van der Waals surface area (Å²) in [6.07, 6.45) is 6.20. The highest BCUT2D eigenvalue weighted by Crippen LogP contribution is 2.29. The Morgan fingerprint density at radius 2 is 1.78 bits per heavy atom. The van der Waals surface area contributed by atoms with Crippen LogP contribution in [0.2, 0.25) is 0 Å². The van der Waals surface area contributed by atoms with Crippen LogP contribution in [0.25, 0.3) is 0 Å². The van der Waals surface area contributed by atoms with Gasteiger partial charge in [0.25, 0.3) is 0 Å². The molecule has 3 N–H and O–H groups in total. The van der Waals surface area contributed by atoms with Crippen LogP contribution in [0, 0.1) is 0 Å². The fraction of sp³-hybridized carbons (Fsp3) is 0.611. The molecule has 23 heavy (non-hydrogen) atoms. The number of hydrogen-bond acceptors (Lipinski definition) is 5. The Morgan fingerprint density at radius 1 is 1.13 bits per heavy atom. The quantitative estimate of drug-likeness (QED) is 0.452. The van der Waals surface area contributed by atoms with Crippen molar-refractivity contribution in [3.05, 3.63) is 23.3 Å². The first kappa shape index (κ1) is 19.3. The molecule has 0 saturated carbocycles. The zero-order valence-corrected chi connectivity index (χ0v) is 14.0. The van der Waals surface area contributed by atoms with Gasteiger partial charge in [-0.1, -0.05) is 25.7 Å². The molecule has 5 nitrogen and oxygen atoms in total. The van der Waals surface area contributed by atoms with Crippen LogP contribution < -0.4 is 0 Å². The summed E-state index contributed by atoms with van der Waals surface area (Å²) in [5.74, 6) is -0.852. The van der Waals surface area contributed by atoms with Crippen molar-refractivity contribution in [1.82, 2.24) is 0 Å². The van der Waals surface area contributed by atoms with Gasteiger partial charge >= 0.3 is 5.97 Å². The fourth-order valence-electron chi connectivity index (χ4n) is 2.59. The van der Waals surface area contributed by atoms with Crippen molar-refractivity contribution in [3.8, 4) is 11.5 Å². The number of hydrogen-bond donors (Lipinski definition) is 3. The lowest BCUT2D eigenvalue weighted by molar-refractivity contribution is 0.0521. The van der Waals surface area contributed by atoms with Gasteiger partial charge < -0.3 is 20.1 Å². The molecular formula is C18H28O5. The van der Waals surface area contributed by atoms with Crippen LogP contribution in [0.5, 0.6) is 11.5 Å². The van der Waals surface area contributed by atoms with E-state index in [1.165, 1.54) is 6.07 Å². The smallest absolute Gasteiger partial charge is 0.342 e. The molecule has 1 aromatic rings. The normalized spacial score (nSPS) is 12.1. The van der Waals surface area contributed by atoms with Gasteiger partial charge in [0.1, 0.15) is 17.1 Å². The molecule has 0 aromatic heterocycles. The summed E-state index contributed by atoms with van der Waals surface area (Å²) >= 11 is 0. The molecule has 0 heterocycles. The van der Waals surface area contributed by atoms with Crippen molar-refractivity contribution in [2.75, 3.05) is 6.61 Å². The number of aromatic hydroxyl groups is 2. The summed E-state index contributed by atoms with van der Waals surface area (Å²) in [7, 11) is 0. The molecule has 0 amide bonds. The first-order valence-electron chi connectivity index (χ1n) is 8.35. The van der Waals surface area contributed by atoms with Gasteiger partial charge in [-0.15, -0.1) is 0 Å². The number of aliphatic hydroxyl groups is 1. The Morgan fingerprint density at radius 3 is 2.43 bits per heavy atom. The second-order valence-electron chi connectivity index (χ2n) is 5.87. The van der Waals surface area contributed by atoms with Gasteiger partial charge in [-0.2, -0.15) is 0 Å². The lowest BCUT2D eigenvalue weighted by Gasteiger charge is -2.11. The molecule has 0 aliphatic rings. The van der Waals surface area contributed by atoms with Crippen LogP contribution in [0.15, 0.2) is 12.1 Å². The van der Waals surface area contributed by atoms with Crippen LogP contribution >= 0.6 is 0 Å². The molecule has 0 spiro atoms. The topological polar surface area (TPSA) is 87.0 Å². The number of esters is 1. The molecule has 0 unspecified atom stereocenters. The first-order valence-corrected chi connectivity index (χ1v) is 8.35. The van der Waals surface area contributed by atoms with Crippen molar-refractivity contribution in [3.63, 3.8) is 0 Å². The van der Waals surface area contributed by atoms with Gasteiger partial charge in [0.2, 0.25) is 0 Å². The molecule has 1 rings (SSSR count). The van der Waals surface area contributed by atoms with E-state index in [0.717, 1.165) is 44.6 Å². The van der Waals surface area contributed by atoms with Crippen LogP contribution in [0.4, 0.5) is 0 Å². The number of benzene rings is 1. The fourth-order valence-corrected chi connectivity index (χ4v) is 2.59. The summed E-state index contributed by atoms with van der Waals surface area (Å²) in [5, 5.41) is 28.7. The maximum atomic E-state index is 11.9. The number of carbonyl (C=O) groups is 1. The second kappa shape index (κ2) is 10.1. The highest BCUT2D eigenvalue weighted by atomic mass is 16.5. The number of ether oxygens (including phenoxy) is 1. The third-order valence-corrected chi connectivity index (χ3v) is 3.73. The third kappa shape index (κ3) is 6.91. The van der Waals surface area contributed by atoms with Crippen molar-refractivity contribution < 1.29 is 24.9 Å². The number of unbranched alkanes of at least 4 members (excludes halogenated alkanes) is 4. The maximum absolute atomic E-state index is 11.9.